The lowest BCUT2D eigenvalue weighted by Gasteiger charge is -2.27. The molecule has 1 saturated heterocycles. The number of ether oxygens (including phenoxy) is 1. The zero-order chi connectivity index (χ0) is 28.2. The lowest BCUT2D eigenvalue weighted by Crippen LogP contribution is -2.29. The fraction of sp³-hybridized carbons (Fsp3) is 0.129. The molecule has 0 radical (unpaired) electrons. The summed E-state index contributed by atoms with van der Waals surface area (Å²) < 4.78 is 5.84. The number of nitro benzene ring substituents is 1. The van der Waals surface area contributed by atoms with Crippen molar-refractivity contribution in [2.45, 2.75) is 26.1 Å². The first kappa shape index (κ1) is 26.3. The molecule has 40 heavy (non-hydrogen) atoms. The number of amides is 1. The molecule has 9 nitrogen and oxygen atoms in total. The van der Waals surface area contributed by atoms with Gasteiger partial charge in [0.15, 0.2) is 12.4 Å². The highest BCUT2D eigenvalue weighted by atomic mass is 16.6. The Hall–Kier alpha value is -5.31. The number of rotatable bonds is 8. The van der Waals surface area contributed by atoms with Gasteiger partial charge in [0, 0.05) is 36.4 Å². The molecule has 0 saturated carbocycles. The summed E-state index contributed by atoms with van der Waals surface area (Å²) >= 11 is 0. The third-order valence-corrected chi connectivity index (χ3v) is 6.67. The van der Waals surface area contributed by atoms with Crippen LogP contribution in [0.15, 0.2) is 103 Å². The van der Waals surface area contributed by atoms with E-state index < -0.39 is 28.4 Å². The molecule has 3 aromatic carbocycles. The number of benzene rings is 3. The maximum Gasteiger partial charge on any atom is 0.295 e. The summed E-state index contributed by atoms with van der Waals surface area (Å²) in [4.78, 5) is 41.5. The largest absolute Gasteiger partial charge is 0.872 e. The van der Waals surface area contributed by atoms with Crippen LogP contribution in [0.4, 0.5) is 5.69 Å². The molecule has 1 aliphatic heterocycles. The van der Waals surface area contributed by atoms with E-state index >= 15 is 0 Å². The molecule has 5 rings (SSSR count). The number of carbonyl (C=O) groups excluding carboxylic acids is 2. The van der Waals surface area contributed by atoms with Crippen molar-refractivity contribution in [3.63, 3.8) is 0 Å². The molecule has 9 heteroatoms. The van der Waals surface area contributed by atoms with Gasteiger partial charge in [0.05, 0.1) is 11.0 Å². The standard InChI is InChI=1S/C31H25N3O6/c1-20-4-2-5-22(16-20)19-40-26-10-8-23(9-11-26)29(35)27-28(24-6-3-7-25(17-24)34(38)39)33(31(37)30(27)36)18-21-12-14-32-15-13-21/h2-17,28,35H,18-19H2,1H3/b29-27+. The van der Waals surface area contributed by atoms with E-state index in [0.29, 0.717) is 17.9 Å². The Labute approximate surface area is 230 Å². The second-order valence-electron chi connectivity index (χ2n) is 9.47. The SMILES string of the molecule is Cc1cccc(COc2ccc(/C([O-])=C3\C(=O)C(=O)N(Cc4cc[nH+]cc4)C3c3cccc([N+](=O)[O-])c3)cc2)c1. The molecule has 0 spiro atoms. The summed E-state index contributed by atoms with van der Waals surface area (Å²) in [5, 5.41) is 25.2. The van der Waals surface area contributed by atoms with Gasteiger partial charge >= 0.3 is 0 Å². The van der Waals surface area contributed by atoms with Gasteiger partial charge in [-0.05, 0) is 41.3 Å². The molecule has 2 heterocycles. The number of aromatic nitrogens is 1. The van der Waals surface area contributed by atoms with E-state index in [1.807, 2.05) is 31.2 Å². The van der Waals surface area contributed by atoms with E-state index in [2.05, 4.69) is 4.98 Å². The number of aromatic amines is 1. The van der Waals surface area contributed by atoms with Crippen LogP contribution in [0.25, 0.3) is 5.76 Å². The molecule has 1 unspecified atom stereocenters. The summed E-state index contributed by atoms with van der Waals surface area (Å²) in [5.74, 6) is -1.85. The summed E-state index contributed by atoms with van der Waals surface area (Å²) in [6.07, 6.45) is 3.36. The van der Waals surface area contributed by atoms with Gasteiger partial charge in [-0.2, -0.15) is 0 Å². The number of likely N-dealkylation sites (tertiary alicyclic amines) is 1. The third-order valence-electron chi connectivity index (χ3n) is 6.67. The van der Waals surface area contributed by atoms with Crippen LogP contribution in [0, 0.1) is 17.0 Å². The van der Waals surface area contributed by atoms with E-state index in [9.17, 15) is 24.8 Å². The highest BCUT2D eigenvalue weighted by Gasteiger charge is 2.44. The number of H-pyrrole nitrogens is 1. The molecule has 1 aliphatic rings. The van der Waals surface area contributed by atoms with E-state index in [-0.39, 0.29) is 23.4 Å². The average Bonchev–Trinajstić information content (AvgIpc) is 3.21. The van der Waals surface area contributed by atoms with Crippen molar-refractivity contribution in [3.8, 4) is 5.75 Å². The van der Waals surface area contributed by atoms with Gasteiger partial charge in [0.2, 0.25) is 5.78 Å². The number of Topliss-reactive ketones (excluding diaryl/α,β-unsaturated/α-hetero) is 1. The highest BCUT2D eigenvalue weighted by molar-refractivity contribution is 6.46. The normalized spacial score (nSPS) is 16.2. The molecule has 0 aliphatic carbocycles. The molecule has 1 fully saturated rings. The summed E-state index contributed by atoms with van der Waals surface area (Å²) in [5.41, 5.74) is 2.89. The van der Waals surface area contributed by atoms with Crippen molar-refractivity contribution >= 4 is 23.1 Å². The Balaban J connectivity index is 1.50. The van der Waals surface area contributed by atoms with Crippen molar-refractivity contribution < 1.29 is 29.3 Å². The van der Waals surface area contributed by atoms with Gasteiger partial charge in [-0.1, -0.05) is 59.9 Å². The quantitative estimate of drug-likeness (QED) is 0.111. The topological polar surface area (TPSA) is 127 Å². The lowest BCUT2D eigenvalue weighted by molar-refractivity contribution is -0.385. The first-order valence-corrected chi connectivity index (χ1v) is 12.6. The van der Waals surface area contributed by atoms with Gasteiger partial charge in [0.25, 0.3) is 11.6 Å². The van der Waals surface area contributed by atoms with Crippen LogP contribution >= 0.6 is 0 Å². The maximum absolute atomic E-state index is 13.7. The number of nitro groups is 1. The Bertz CT molecular complexity index is 1620. The number of hydrogen-bond acceptors (Lipinski definition) is 6. The number of nitrogens with zero attached hydrogens (tertiary/aromatic N) is 2. The van der Waals surface area contributed by atoms with E-state index in [1.54, 1.807) is 54.9 Å². The van der Waals surface area contributed by atoms with Crippen LogP contribution < -0.4 is 14.8 Å². The fourth-order valence-corrected chi connectivity index (χ4v) is 4.74. The zero-order valence-electron chi connectivity index (χ0n) is 21.6. The van der Waals surface area contributed by atoms with Crippen molar-refractivity contribution in [2.24, 2.45) is 0 Å². The Kier molecular flexibility index (Phi) is 7.37. The highest BCUT2D eigenvalue weighted by Crippen LogP contribution is 2.40. The lowest BCUT2D eigenvalue weighted by atomic mass is 9.95. The Morgan fingerprint density at radius 2 is 1.68 bits per heavy atom. The molecule has 0 bridgehead atoms. The van der Waals surface area contributed by atoms with Crippen LogP contribution in [0.2, 0.25) is 0 Å². The number of aryl methyl sites for hydroxylation is 1. The van der Waals surface area contributed by atoms with Gasteiger partial charge in [-0.3, -0.25) is 19.7 Å². The monoisotopic (exact) mass is 535 g/mol. The predicted octanol–water partition coefficient (Wildman–Crippen LogP) is 3.72. The summed E-state index contributed by atoms with van der Waals surface area (Å²) in [6.45, 7) is 2.38. The molecule has 200 valence electrons. The average molecular weight is 536 g/mol. The van der Waals surface area contributed by atoms with Crippen molar-refractivity contribution in [1.29, 1.82) is 0 Å². The minimum Gasteiger partial charge on any atom is -0.872 e. The van der Waals surface area contributed by atoms with Gasteiger partial charge in [-0.25, -0.2) is 4.98 Å². The number of carbonyl (C=O) groups is 2. The Morgan fingerprint density at radius 3 is 2.38 bits per heavy atom. The molecular weight excluding hydrogens is 510 g/mol. The fourth-order valence-electron chi connectivity index (χ4n) is 4.74. The molecule has 1 N–H and O–H groups in total. The minimum absolute atomic E-state index is 0.0368. The van der Waals surface area contributed by atoms with Crippen molar-refractivity contribution in [2.75, 3.05) is 0 Å². The molecule has 4 aromatic rings. The predicted molar refractivity (Wildman–Crippen MR) is 143 cm³/mol. The number of non-ortho nitro benzene ring substituents is 1. The second kappa shape index (κ2) is 11.2. The molecule has 1 aromatic heterocycles. The minimum atomic E-state index is -1.09. The zero-order valence-corrected chi connectivity index (χ0v) is 21.6. The molecular formula is C31H25N3O6. The first-order chi connectivity index (χ1) is 19.3. The smallest absolute Gasteiger partial charge is 0.295 e. The van der Waals surface area contributed by atoms with Gasteiger partial charge in [0.1, 0.15) is 12.4 Å². The first-order valence-electron chi connectivity index (χ1n) is 12.6. The van der Waals surface area contributed by atoms with Gasteiger partial charge < -0.3 is 14.7 Å². The van der Waals surface area contributed by atoms with Crippen molar-refractivity contribution in [3.05, 3.63) is 141 Å². The van der Waals surface area contributed by atoms with E-state index in [1.165, 1.54) is 23.1 Å². The Morgan fingerprint density at radius 1 is 0.950 bits per heavy atom. The van der Waals surface area contributed by atoms with Crippen LogP contribution in [0.5, 0.6) is 5.75 Å². The molecule has 1 amide bonds. The number of pyridine rings is 1. The number of hydrogen-bond donors (Lipinski definition) is 0. The molecule has 1 atom stereocenters. The second-order valence-corrected chi connectivity index (χ2v) is 9.47. The van der Waals surface area contributed by atoms with E-state index in [0.717, 1.165) is 16.7 Å². The summed E-state index contributed by atoms with van der Waals surface area (Å²) in [7, 11) is 0. The number of nitrogens with one attached hydrogen (secondary N) is 1. The van der Waals surface area contributed by atoms with Crippen LogP contribution in [0.3, 0.4) is 0 Å². The van der Waals surface area contributed by atoms with Crippen LogP contribution in [0.1, 0.15) is 33.9 Å². The summed E-state index contributed by atoms with van der Waals surface area (Å²) in [6, 6.07) is 22.3. The van der Waals surface area contributed by atoms with Crippen LogP contribution in [-0.4, -0.2) is 21.5 Å². The third kappa shape index (κ3) is 5.44. The van der Waals surface area contributed by atoms with Gasteiger partial charge in [-0.15, -0.1) is 0 Å². The maximum atomic E-state index is 13.7. The van der Waals surface area contributed by atoms with Crippen LogP contribution in [-0.2, 0) is 22.7 Å². The van der Waals surface area contributed by atoms with E-state index in [4.69, 9.17) is 4.74 Å². The number of ketones is 1. The van der Waals surface area contributed by atoms with Crippen molar-refractivity contribution in [1.82, 2.24) is 4.90 Å².